The number of nitriles is 1. The van der Waals surface area contributed by atoms with Crippen molar-refractivity contribution in [2.75, 3.05) is 6.54 Å². The topological polar surface area (TPSA) is 163 Å². The van der Waals surface area contributed by atoms with E-state index in [9.17, 15) is 10.1 Å². The van der Waals surface area contributed by atoms with Crippen LogP contribution in [0.1, 0.15) is 83.5 Å². The summed E-state index contributed by atoms with van der Waals surface area (Å²) >= 11 is 0. The molecule has 10 heteroatoms. The van der Waals surface area contributed by atoms with Gasteiger partial charge in [0.1, 0.15) is 6.04 Å². The smallest absolute Gasteiger partial charge is 0.248 e. The first-order chi connectivity index (χ1) is 20.6. The Labute approximate surface area is 252 Å². The molecule has 3 aromatic rings. The molecule has 1 amide bonds. The Morgan fingerprint density at radius 3 is 2.33 bits per heavy atom. The maximum atomic E-state index is 12.2. The molecule has 6 N–H and O–H groups in total. The van der Waals surface area contributed by atoms with Crippen molar-refractivity contribution in [3.05, 3.63) is 94.5 Å². The van der Waals surface area contributed by atoms with Crippen molar-refractivity contribution in [1.29, 1.82) is 5.26 Å². The van der Waals surface area contributed by atoms with E-state index in [0.717, 1.165) is 59.2 Å². The lowest BCUT2D eigenvalue weighted by Gasteiger charge is -2.38. The van der Waals surface area contributed by atoms with Gasteiger partial charge in [-0.2, -0.15) is 5.26 Å². The molecule has 222 valence electrons. The molecule has 1 saturated heterocycles. The van der Waals surface area contributed by atoms with E-state index in [1.807, 2.05) is 18.2 Å². The number of likely N-dealkylation sites (tertiary alicyclic amines) is 1. The molecule has 2 fully saturated rings. The Bertz CT molecular complexity index is 1570. The molecule has 0 spiro atoms. The van der Waals surface area contributed by atoms with Gasteiger partial charge in [-0.15, -0.1) is 5.10 Å². The molecule has 1 saturated carbocycles. The Hall–Kier alpha value is -4.49. The molecular weight excluding hydrogens is 538 g/mol. The predicted molar refractivity (Wildman–Crippen MR) is 164 cm³/mol. The fourth-order valence-electron chi connectivity index (χ4n) is 7.37. The number of H-pyrrole nitrogens is 1. The van der Waals surface area contributed by atoms with Gasteiger partial charge >= 0.3 is 0 Å². The molecule has 0 radical (unpaired) electrons. The van der Waals surface area contributed by atoms with Crippen molar-refractivity contribution >= 4 is 11.6 Å². The Morgan fingerprint density at radius 1 is 1.12 bits per heavy atom. The Morgan fingerprint density at radius 2 is 1.77 bits per heavy atom. The van der Waals surface area contributed by atoms with Crippen LogP contribution in [0, 0.1) is 17.2 Å². The predicted octanol–water partition coefficient (Wildman–Crippen LogP) is 3.31. The number of hydrogen-bond acceptors (Lipinski definition) is 8. The monoisotopic (exact) mass is 577 g/mol. The van der Waals surface area contributed by atoms with Crippen LogP contribution in [0.15, 0.2) is 55.3 Å². The van der Waals surface area contributed by atoms with Crippen LogP contribution in [0.4, 0.5) is 0 Å². The van der Waals surface area contributed by atoms with Crippen LogP contribution in [0.3, 0.4) is 0 Å². The van der Waals surface area contributed by atoms with E-state index >= 15 is 0 Å². The molecule has 43 heavy (non-hydrogen) atoms. The zero-order valence-corrected chi connectivity index (χ0v) is 24.9. The third-order valence-electron chi connectivity index (χ3n) is 10.0. The van der Waals surface area contributed by atoms with Crippen molar-refractivity contribution in [1.82, 2.24) is 30.8 Å². The third-order valence-corrected chi connectivity index (χ3v) is 10.0. The zero-order chi connectivity index (χ0) is 30.5. The van der Waals surface area contributed by atoms with E-state index in [4.69, 9.17) is 11.5 Å². The number of amides is 1. The second-order valence-corrected chi connectivity index (χ2v) is 12.7. The first-order valence-electron chi connectivity index (χ1n) is 14.9. The van der Waals surface area contributed by atoms with Crippen molar-refractivity contribution in [2.45, 2.75) is 75.4 Å². The molecule has 6 rings (SSSR count). The molecule has 3 aliphatic rings. The lowest BCUT2D eigenvalue weighted by molar-refractivity contribution is 0.1000. The van der Waals surface area contributed by atoms with Crippen molar-refractivity contribution < 1.29 is 4.79 Å². The maximum absolute atomic E-state index is 12.2. The fourth-order valence-corrected chi connectivity index (χ4v) is 7.37. The second-order valence-electron chi connectivity index (χ2n) is 12.7. The average Bonchev–Trinajstić information content (AvgIpc) is 3.43. The number of rotatable bonds is 9. The van der Waals surface area contributed by atoms with Gasteiger partial charge in [-0.05, 0) is 108 Å². The minimum absolute atomic E-state index is 0.160. The highest BCUT2D eigenvalue weighted by Crippen LogP contribution is 2.54. The molecule has 4 atom stereocenters. The van der Waals surface area contributed by atoms with Crippen LogP contribution in [0.5, 0.6) is 0 Å². The maximum Gasteiger partial charge on any atom is 0.248 e. The molecule has 2 aromatic carbocycles. The molecule has 1 aliphatic heterocycles. The number of carbonyl (C=O) groups excluding carboxylic acids is 1. The number of nitrogens with zero attached hydrogens (tertiary/aromatic N) is 5. The van der Waals surface area contributed by atoms with Gasteiger partial charge in [0.15, 0.2) is 5.82 Å². The number of nitrogens with two attached hydrogens (primary N) is 2. The summed E-state index contributed by atoms with van der Waals surface area (Å²) in [6.45, 7) is 13.3. The second kappa shape index (κ2) is 10.7. The highest BCUT2D eigenvalue weighted by molar-refractivity contribution is 5.93. The number of benzene rings is 2. The summed E-state index contributed by atoms with van der Waals surface area (Å²) in [7, 11) is 0. The summed E-state index contributed by atoms with van der Waals surface area (Å²) < 4.78 is 0. The molecular formula is C33H39N9O. The standard InChI is InChI=1S/C33H39N9O/c1-19-13-27(16-34)42(22(19)4)20(2)17-37-32(11-12-32)18-33(31-38-40-41-39-31)28-9-7-23(21(3)35)14-24(28)5-6-25-15-26(30(36)43)8-10-29(25)33/h7-10,14-15,19,22,27,37H,2-3,5-6,11-13,17-18,35H2,1,4H3,(H2,36,43)(H,38,39,40,41)/t19-,22?,27?,33?/m0/s1. The summed E-state index contributed by atoms with van der Waals surface area (Å²) in [5.41, 5.74) is 18.0. The van der Waals surface area contributed by atoms with Crippen molar-refractivity contribution in [3.63, 3.8) is 0 Å². The number of nitrogens with one attached hydrogen (secondary N) is 2. The Kier molecular flexibility index (Phi) is 7.09. The van der Waals surface area contributed by atoms with E-state index in [-0.39, 0.29) is 17.6 Å². The van der Waals surface area contributed by atoms with E-state index in [1.165, 1.54) is 0 Å². The molecule has 0 bridgehead atoms. The SMILES string of the molecule is C=C(N)c1ccc2c(c1)CCc1cc(C(N)=O)ccc1C2(CC1(NCC(=C)N2C(C#N)C[C@H](C)C2C)CC1)c1nnn[nH]1. The van der Waals surface area contributed by atoms with Crippen LogP contribution >= 0.6 is 0 Å². The van der Waals surface area contributed by atoms with Gasteiger partial charge in [0, 0.05) is 35.1 Å². The van der Waals surface area contributed by atoms with Gasteiger partial charge in [0.2, 0.25) is 5.91 Å². The Balaban J connectivity index is 1.44. The molecule has 2 heterocycles. The zero-order valence-electron chi connectivity index (χ0n) is 24.9. The molecule has 10 nitrogen and oxygen atoms in total. The number of hydrogen-bond donors (Lipinski definition) is 4. The summed E-state index contributed by atoms with van der Waals surface area (Å²) in [5, 5.41) is 29.4. The van der Waals surface area contributed by atoms with E-state index in [0.29, 0.717) is 42.4 Å². The largest absolute Gasteiger partial charge is 0.399 e. The van der Waals surface area contributed by atoms with Crippen LogP contribution in [-0.4, -0.2) is 55.6 Å². The highest BCUT2D eigenvalue weighted by atomic mass is 16.1. The summed E-state index contributed by atoms with van der Waals surface area (Å²) in [6.07, 6.45) is 4.92. The van der Waals surface area contributed by atoms with Gasteiger partial charge in [0.25, 0.3) is 0 Å². The first-order valence-corrected chi connectivity index (χ1v) is 14.9. The lowest BCUT2D eigenvalue weighted by Crippen LogP contribution is -2.45. The lowest BCUT2D eigenvalue weighted by atomic mass is 9.67. The molecule has 1 aromatic heterocycles. The number of tetrazole rings is 1. The van der Waals surface area contributed by atoms with E-state index in [1.54, 1.807) is 6.07 Å². The van der Waals surface area contributed by atoms with Crippen molar-refractivity contribution in [2.24, 2.45) is 17.4 Å². The minimum Gasteiger partial charge on any atom is -0.399 e. The van der Waals surface area contributed by atoms with Gasteiger partial charge in [-0.25, -0.2) is 5.10 Å². The number of primary amides is 1. The number of aromatic nitrogens is 4. The van der Waals surface area contributed by atoms with Crippen LogP contribution in [0.25, 0.3) is 5.70 Å². The first kappa shape index (κ1) is 28.6. The molecule has 2 aliphatic carbocycles. The van der Waals surface area contributed by atoms with E-state index in [2.05, 4.69) is 76.0 Å². The van der Waals surface area contributed by atoms with Crippen LogP contribution < -0.4 is 16.8 Å². The van der Waals surface area contributed by atoms with Gasteiger partial charge in [-0.1, -0.05) is 38.3 Å². The quantitative estimate of drug-likeness (QED) is 0.301. The summed E-state index contributed by atoms with van der Waals surface area (Å²) in [5.74, 6) is 0.608. The molecule has 3 unspecified atom stereocenters. The van der Waals surface area contributed by atoms with Crippen LogP contribution in [-0.2, 0) is 18.3 Å². The summed E-state index contributed by atoms with van der Waals surface area (Å²) in [4.78, 5) is 14.4. The van der Waals surface area contributed by atoms with Gasteiger partial charge in [0.05, 0.1) is 11.5 Å². The highest BCUT2D eigenvalue weighted by Gasteiger charge is 2.54. The third kappa shape index (κ3) is 4.87. The number of fused-ring (bicyclic) bond motifs is 2. The van der Waals surface area contributed by atoms with Gasteiger partial charge < -0.3 is 21.7 Å². The minimum atomic E-state index is -0.745. The number of aryl methyl sites for hydroxylation is 2. The number of aromatic amines is 1. The number of carbonyl (C=O) groups is 1. The average molecular weight is 578 g/mol. The van der Waals surface area contributed by atoms with Crippen LogP contribution in [0.2, 0.25) is 0 Å². The van der Waals surface area contributed by atoms with Gasteiger partial charge in [-0.3, -0.25) is 4.79 Å². The van der Waals surface area contributed by atoms with Crippen molar-refractivity contribution in [3.8, 4) is 6.07 Å². The normalized spacial score (nSPS) is 25.2. The fraction of sp³-hybridized carbons (Fsp3) is 0.424. The summed E-state index contributed by atoms with van der Waals surface area (Å²) in [6, 6.07) is 14.6. The van der Waals surface area contributed by atoms with E-state index < -0.39 is 11.3 Å².